The molecular formula is C20H31F7O4. The zero-order valence-corrected chi connectivity index (χ0v) is 18.0. The monoisotopic (exact) mass is 468 g/mol. The van der Waals surface area contributed by atoms with Crippen LogP contribution in [0.1, 0.15) is 65.7 Å². The lowest BCUT2D eigenvalue weighted by Crippen LogP contribution is -2.36. The van der Waals surface area contributed by atoms with Crippen LogP contribution in [0.25, 0.3) is 0 Å². The fourth-order valence-corrected chi connectivity index (χ4v) is 3.05. The number of hydrogen-bond acceptors (Lipinski definition) is 4. The van der Waals surface area contributed by atoms with Gasteiger partial charge >= 0.3 is 12.1 Å². The summed E-state index contributed by atoms with van der Waals surface area (Å²) in [5.41, 5.74) is -0.552. The lowest BCUT2D eigenvalue weighted by molar-refractivity contribution is -0.212. The summed E-state index contributed by atoms with van der Waals surface area (Å²) in [5.74, 6) is -8.92. The van der Waals surface area contributed by atoms with Gasteiger partial charge in [0.05, 0.1) is 31.2 Å². The first-order valence-electron chi connectivity index (χ1n) is 10.3. The molecule has 0 aromatic carbocycles. The number of carbonyl (C=O) groups is 1. The van der Waals surface area contributed by atoms with Crippen molar-refractivity contribution in [2.45, 2.75) is 95.9 Å². The van der Waals surface area contributed by atoms with Crippen LogP contribution >= 0.6 is 0 Å². The van der Waals surface area contributed by atoms with Crippen molar-refractivity contribution in [3.63, 3.8) is 0 Å². The van der Waals surface area contributed by atoms with E-state index >= 15 is 0 Å². The summed E-state index contributed by atoms with van der Waals surface area (Å²) in [6.07, 6.45) is -7.39. The van der Waals surface area contributed by atoms with Crippen LogP contribution in [0.2, 0.25) is 0 Å². The average Bonchev–Trinajstić information content (AvgIpc) is 2.59. The van der Waals surface area contributed by atoms with E-state index < -0.39 is 42.9 Å². The first kappa shape index (κ1) is 27.9. The second-order valence-corrected chi connectivity index (χ2v) is 8.65. The molecule has 0 aromatic rings. The Morgan fingerprint density at radius 3 is 1.90 bits per heavy atom. The lowest BCUT2D eigenvalue weighted by atomic mass is 9.90. The van der Waals surface area contributed by atoms with E-state index in [9.17, 15) is 35.5 Å². The third-order valence-corrected chi connectivity index (χ3v) is 5.20. The van der Waals surface area contributed by atoms with Gasteiger partial charge < -0.3 is 14.2 Å². The number of esters is 1. The molecule has 4 nitrogen and oxygen atoms in total. The Kier molecular flexibility index (Phi) is 10.1. The Hall–Kier alpha value is -1.10. The maximum atomic E-state index is 13.5. The number of carbonyl (C=O) groups excluding carboxylic acids is 1. The standard InChI is InChI=1S/C20H31F7O4/c1-4-17(2,3)16(28)31-15-7-5-14(6-8-15)30-10-9-29-13-19(23,24)11-18(21,22)12-20(25,26)27/h14-15H,4-13H2,1-3H3. The van der Waals surface area contributed by atoms with Crippen LogP contribution in [0.4, 0.5) is 30.7 Å². The van der Waals surface area contributed by atoms with E-state index in [1.54, 1.807) is 0 Å². The van der Waals surface area contributed by atoms with Crippen molar-refractivity contribution in [1.82, 2.24) is 0 Å². The van der Waals surface area contributed by atoms with Gasteiger partial charge in [0.25, 0.3) is 11.8 Å². The van der Waals surface area contributed by atoms with Gasteiger partial charge in [-0.2, -0.15) is 13.2 Å². The van der Waals surface area contributed by atoms with Gasteiger partial charge in [-0.15, -0.1) is 0 Å². The van der Waals surface area contributed by atoms with E-state index in [1.165, 1.54) is 0 Å². The summed E-state index contributed by atoms with van der Waals surface area (Å²) >= 11 is 0. The molecule has 1 aliphatic rings. The summed E-state index contributed by atoms with van der Waals surface area (Å²) in [7, 11) is 0. The highest BCUT2D eigenvalue weighted by atomic mass is 19.4. The van der Waals surface area contributed by atoms with Gasteiger partial charge in [-0.25, -0.2) is 17.6 Å². The van der Waals surface area contributed by atoms with Crippen molar-refractivity contribution in [3.05, 3.63) is 0 Å². The molecule has 0 radical (unpaired) electrons. The summed E-state index contributed by atoms with van der Waals surface area (Å²) in [4.78, 5) is 12.1. The summed E-state index contributed by atoms with van der Waals surface area (Å²) < 4.78 is 105. The molecule has 0 unspecified atom stereocenters. The van der Waals surface area contributed by atoms with Gasteiger partial charge in [0.15, 0.2) is 0 Å². The van der Waals surface area contributed by atoms with E-state index in [4.69, 9.17) is 9.47 Å². The fourth-order valence-electron chi connectivity index (χ4n) is 3.05. The number of alkyl halides is 7. The molecule has 0 heterocycles. The summed E-state index contributed by atoms with van der Waals surface area (Å²) in [5, 5.41) is 0. The molecule has 0 amide bonds. The Bertz CT molecular complexity index is 556. The third-order valence-electron chi connectivity index (χ3n) is 5.20. The molecule has 0 aromatic heterocycles. The molecule has 1 aliphatic carbocycles. The van der Waals surface area contributed by atoms with Crippen LogP contribution in [0.3, 0.4) is 0 Å². The van der Waals surface area contributed by atoms with Crippen LogP contribution in [-0.4, -0.2) is 56.0 Å². The maximum absolute atomic E-state index is 13.5. The minimum Gasteiger partial charge on any atom is -0.462 e. The van der Waals surface area contributed by atoms with Gasteiger partial charge in [0, 0.05) is 0 Å². The highest BCUT2D eigenvalue weighted by Gasteiger charge is 2.50. The zero-order chi connectivity index (χ0) is 23.9. The molecule has 1 fully saturated rings. The van der Waals surface area contributed by atoms with Crippen LogP contribution < -0.4 is 0 Å². The fraction of sp³-hybridized carbons (Fsp3) is 0.950. The number of hydrogen-bond donors (Lipinski definition) is 0. The van der Waals surface area contributed by atoms with E-state index in [-0.39, 0.29) is 31.4 Å². The molecule has 0 saturated heterocycles. The molecular weight excluding hydrogens is 437 g/mol. The minimum atomic E-state index is -5.24. The van der Waals surface area contributed by atoms with Crippen molar-refractivity contribution in [1.29, 1.82) is 0 Å². The smallest absolute Gasteiger partial charge is 0.394 e. The normalized spacial score (nSPS) is 21.2. The highest BCUT2D eigenvalue weighted by Crippen LogP contribution is 2.39. The molecule has 184 valence electrons. The quantitative estimate of drug-likeness (QED) is 0.203. The topological polar surface area (TPSA) is 44.8 Å². The lowest BCUT2D eigenvalue weighted by Gasteiger charge is -2.31. The van der Waals surface area contributed by atoms with Crippen molar-refractivity contribution in [3.8, 4) is 0 Å². The number of halogens is 7. The minimum absolute atomic E-state index is 0.0625. The van der Waals surface area contributed by atoms with Crippen molar-refractivity contribution >= 4 is 5.97 Å². The van der Waals surface area contributed by atoms with E-state index in [0.717, 1.165) is 0 Å². The van der Waals surface area contributed by atoms with E-state index in [2.05, 4.69) is 4.74 Å². The van der Waals surface area contributed by atoms with Crippen molar-refractivity contribution < 1.29 is 49.7 Å². The molecule has 0 spiro atoms. The first-order valence-corrected chi connectivity index (χ1v) is 10.3. The molecule has 1 saturated carbocycles. The predicted molar refractivity (Wildman–Crippen MR) is 98.2 cm³/mol. The first-order chi connectivity index (χ1) is 14.1. The Labute approximate surface area is 177 Å². The number of ether oxygens (including phenoxy) is 3. The van der Waals surface area contributed by atoms with Gasteiger partial charge in [-0.3, -0.25) is 4.79 Å². The van der Waals surface area contributed by atoms with E-state index in [0.29, 0.717) is 32.1 Å². The molecule has 31 heavy (non-hydrogen) atoms. The molecule has 0 bridgehead atoms. The van der Waals surface area contributed by atoms with Crippen molar-refractivity contribution in [2.24, 2.45) is 5.41 Å². The van der Waals surface area contributed by atoms with Gasteiger partial charge in [0.1, 0.15) is 19.1 Å². The Balaban J connectivity index is 2.23. The molecule has 0 atom stereocenters. The van der Waals surface area contributed by atoms with Crippen LogP contribution in [0, 0.1) is 5.41 Å². The van der Waals surface area contributed by atoms with Crippen LogP contribution in [0.5, 0.6) is 0 Å². The highest BCUT2D eigenvalue weighted by molar-refractivity contribution is 5.75. The van der Waals surface area contributed by atoms with Gasteiger partial charge in [-0.05, 0) is 46.0 Å². The summed E-state index contributed by atoms with van der Waals surface area (Å²) in [6, 6.07) is 0. The molecule has 1 rings (SSSR count). The van der Waals surface area contributed by atoms with Gasteiger partial charge in [-0.1, -0.05) is 6.92 Å². The zero-order valence-electron chi connectivity index (χ0n) is 18.0. The predicted octanol–water partition coefficient (Wildman–Crippen LogP) is 5.92. The maximum Gasteiger partial charge on any atom is 0.394 e. The van der Waals surface area contributed by atoms with Crippen molar-refractivity contribution in [2.75, 3.05) is 19.8 Å². The Morgan fingerprint density at radius 2 is 1.39 bits per heavy atom. The average molecular weight is 468 g/mol. The molecule has 0 aliphatic heterocycles. The second-order valence-electron chi connectivity index (χ2n) is 8.65. The second kappa shape index (κ2) is 11.2. The molecule has 11 heteroatoms. The van der Waals surface area contributed by atoms with Crippen LogP contribution in [-0.2, 0) is 19.0 Å². The summed E-state index contributed by atoms with van der Waals surface area (Å²) in [6.45, 7) is 3.74. The van der Waals surface area contributed by atoms with Crippen LogP contribution in [0.15, 0.2) is 0 Å². The SMILES string of the molecule is CCC(C)(C)C(=O)OC1CCC(OCCOCC(F)(F)CC(F)(F)CC(F)(F)F)CC1. The third kappa shape index (κ3) is 11.4. The number of rotatable bonds is 12. The largest absolute Gasteiger partial charge is 0.462 e. The Morgan fingerprint density at radius 1 is 0.839 bits per heavy atom. The van der Waals surface area contributed by atoms with E-state index in [1.807, 2.05) is 20.8 Å². The molecule has 0 N–H and O–H groups in total. The van der Waals surface area contributed by atoms with Gasteiger partial charge in [0.2, 0.25) is 0 Å².